The molecule has 214 valence electrons. The molecule has 1 aromatic carbocycles. The maximum absolute atomic E-state index is 14.3. The molecule has 3 N–H and O–H groups in total. The number of halogens is 3. The van der Waals surface area contributed by atoms with Crippen LogP contribution >= 0.6 is 0 Å². The summed E-state index contributed by atoms with van der Waals surface area (Å²) < 4.78 is 53.0. The first kappa shape index (κ1) is 26.8. The van der Waals surface area contributed by atoms with Gasteiger partial charge in [-0.2, -0.15) is 4.98 Å². The highest BCUT2D eigenvalue weighted by Gasteiger charge is 2.41. The molecule has 2 aromatic heterocycles. The van der Waals surface area contributed by atoms with Crippen molar-refractivity contribution >= 4 is 12.0 Å². The molecular formula is C27H32F3N7O3. The first-order valence-corrected chi connectivity index (χ1v) is 13.7. The zero-order valence-corrected chi connectivity index (χ0v) is 22.1. The van der Waals surface area contributed by atoms with Crippen molar-refractivity contribution in [3.63, 3.8) is 0 Å². The zero-order valence-electron chi connectivity index (χ0n) is 22.1. The highest BCUT2D eigenvalue weighted by molar-refractivity contribution is 5.39. The van der Waals surface area contributed by atoms with E-state index in [0.29, 0.717) is 54.9 Å². The average Bonchev–Trinajstić information content (AvgIpc) is 3.57. The number of aromatic nitrogens is 4. The number of nitrogens with zero attached hydrogens (tertiary/aromatic N) is 6. The van der Waals surface area contributed by atoms with Crippen molar-refractivity contribution in [3.05, 3.63) is 53.4 Å². The Balaban J connectivity index is 1.02. The molecule has 0 amide bonds. The molecule has 3 fully saturated rings. The van der Waals surface area contributed by atoms with Crippen molar-refractivity contribution in [2.75, 3.05) is 36.0 Å². The molecule has 40 heavy (non-hydrogen) atoms. The van der Waals surface area contributed by atoms with Gasteiger partial charge in [0.1, 0.15) is 11.4 Å². The Morgan fingerprint density at radius 1 is 1.05 bits per heavy atom. The molecule has 3 atom stereocenters. The van der Waals surface area contributed by atoms with Gasteiger partial charge in [0.15, 0.2) is 17.4 Å². The summed E-state index contributed by atoms with van der Waals surface area (Å²) in [6, 6.07) is 1.38. The molecule has 0 spiro atoms. The zero-order chi connectivity index (χ0) is 28.0. The van der Waals surface area contributed by atoms with Crippen molar-refractivity contribution < 1.29 is 27.5 Å². The minimum atomic E-state index is -1.23. The molecule has 0 bridgehead atoms. The lowest BCUT2D eigenvalue weighted by atomic mass is 9.80. The Kier molecular flexibility index (Phi) is 7.03. The summed E-state index contributed by atoms with van der Waals surface area (Å²) in [5.74, 6) is -2.07. The van der Waals surface area contributed by atoms with Crippen molar-refractivity contribution in [1.82, 2.24) is 20.1 Å². The molecular weight excluding hydrogens is 527 g/mol. The van der Waals surface area contributed by atoms with Crippen molar-refractivity contribution in [1.29, 1.82) is 0 Å². The van der Waals surface area contributed by atoms with Gasteiger partial charge in [-0.1, -0.05) is 5.16 Å². The fourth-order valence-corrected chi connectivity index (χ4v) is 5.82. The second-order valence-electron chi connectivity index (χ2n) is 11.1. The molecule has 2 aliphatic heterocycles. The summed E-state index contributed by atoms with van der Waals surface area (Å²) in [6.45, 7) is 4.12. The number of benzene rings is 1. The molecule has 2 saturated heterocycles. The number of hydrogen-bond acceptors (Lipinski definition) is 10. The molecule has 1 aliphatic carbocycles. The number of hydrogen-bond donors (Lipinski definition) is 2. The third-order valence-corrected chi connectivity index (χ3v) is 8.51. The molecule has 13 heteroatoms. The summed E-state index contributed by atoms with van der Waals surface area (Å²) >= 11 is 0. The van der Waals surface area contributed by atoms with E-state index in [0.717, 1.165) is 38.4 Å². The van der Waals surface area contributed by atoms with E-state index < -0.39 is 35.0 Å². The summed E-state index contributed by atoms with van der Waals surface area (Å²) in [7, 11) is 0. The van der Waals surface area contributed by atoms with Gasteiger partial charge in [-0.25, -0.2) is 23.1 Å². The van der Waals surface area contributed by atoms with E-state index in [9.17, 15) is 18.3 Å². The van der Waals surface area contributed by atoms with Crippen LogP contribution < -0.4 is 20.3 Å². The smallest absolute Gasteiger partial charge is 0.324 e. The first-order valence-electron chi connectivity index (χ1n) is 13.7. The lowest BCUT2D eigenvalue weighted by Gasteiger charge is -2.34. The predicted octanol–water partition coefficient (Wildman–Crippen LogP) is 3.26. The third-order valence-electron chi connectivity index (χ3n) is 8.51. The van der Waals surface area contributed by atoms with Crippen LogP contribution in [0.5, 0.6) is 5.75 Å². The number of aliphatic hydroxyl groups is 1. The molecule has 3 aliphatic rings. The van der Waals surface area contributed by atoms with Crippen LogP contribution in [0, 0.1) is 23.4 Å². The SMILES string of the molecule is C[C@H](Oc1cnc(N2C[C@H](c3cc(F)c(F)cc3F)[C@@H](N)C2)nc1)C1CCN(c2nc(C3(O)CCC3)no2)CC1. The average molecular weight is 560 g/mol. The normalized spacial score (nSPS) is 23.8. The molecule has 10 nitrogen and oxygen atoms in total. The number of rotatable bonds is 7. The number of nitrogens with two attached hydrogens (primary N) is 1. The summed E-state index contributed by atoms with van der Waals surface area (Å²) in [6.07, 6.45) is 7.14. The summed E-state index contributed by atoms with van der Waals surface area (Å²) in [4.78, 5) is 17.1. The maximum Gasteiger partial charge on any atom is 0.324 e. The minimum Gasteiger partial charge on any atom is -0.487 e. The van der Waals surface area contributed by atoms with Crippen molar-refractivity contribution in [2.24, 2.45) is 11.7 Å². The molecule has 3 aromatic rings. The molecule has 0 radical (unpaired) electrons. The number of piperidine rings is 1. The largest absolute Gasteiger partial charge is 0.487 e. The van der Waals surface area contributed by atoms with Gasteiger partial charge < -0.3 is 29.9 Å². The Bertz CT molecular complexity index is 1350. The van der Waals surface area contributed by atoms with E-state index in [4.69, 9.17) is 15.0 Å². The first-order chi connectivity index (χ1) is 19.2. The van der Waals surface area contributed by atoms with Crippen LogP contribution in [0.4, 0.5) is 25.1 Å². The Morgan fingerprint density at radius 3 is 2.42 bits per heavy atom. The van der Waals surface area contributed by atoms with Crippen LogP contribution in [0.3, 0.4) is 0 Å². The van der Waals surface area contributed by atoms with Gasteiger partial charge in [0.05, 0.1) is 18.5 Å². The van der Waals surface area contributed by atoms with E-state index >= 15 is 0 Å². The highest BCUT2D eigenvalue weighted by atomic mass is 19.2. The summed E-state index contributed by atoms with van der Waals surface area (Å²) in [5.41, 5.74) is 5.32. The van der Waals surface area contributed by atoms with E-state index in [1.807, 2.05) is 11.8 Å². The Hall–Kier alpha value is -3.45. The maximum atomic E-state index is 14.3. The minimum absolute atomic E-state index is 0.0453. The summed E-state index contributed by atoms with van der Waals surface area (Å²) in [5, 5.41) is 14.4. The van der Waals surface area contributed by atoms with Crippen LogP contribution in [0.2, 0.25) is 0 Å². The van der Waals surface area contributed by atoms with Crippen LogP contribution in [0.15, 0.2) is 29.0 Å². The van der Waals surface area contributed by atoms with Gasteiger partial charge in [-0.15, -0.1) is 0 Å². The molecule has 0 unspecified atom stereocenters. The molecule has 4 heterocycles. The van der Waals surface area contributed by atoms with E-state index in [1.165, 1.54) is 0 Å². The Labute approximate surface area is 229 Å². The van der Waals surface area contributed by atoms with Gasteiger partial charge in [-0.05, 0) is 56.6 Å². The van der Waals surface area contributed by atoms with Gasteiger partial charge in [0.25, 0.3) is 0 Å². The molecule has 6 rings (SSSR count). The lowest BCUT2D eigenvalue weighted by molar-refractivity contribution is -0.0482. The van der Waals surface area contributed by atoms with Crippen molar-refractivity contribution in [2.45, 2.75) is 62.7 Å². The highest BCUT2D eigenvalue weighted by Crippen LogP contribution is 2.40. The number of anilines is 2. The van der Waals surface area contributed by atoms with Crippen molar-refractivity contribution in [3.8, 4) is 5.75 Å². The Morgan fingerprint density at radius 2 is 1.75 bits per heavy atom. The van der Waals surface area contributed by atoms with Gasteiger partial charge >= 0.3 is 6.01 Å². The van der Waals surface area contributed by atoms with Gasteiger partial charge in [-0.3, -0.25) is 0 Å². The molecule has 1 saturated carbocycles. The second kappa shape index (κ2) is 10.5. The fraction of sp³-hybridized carbons (Fsp3) is 0.556. The lowest BCUT2D eigenvalue weighted by Crippen LogP contribution is -2.39. The van der Waals surface area contributed by atoms with E-state index in [1.54, 1.807) is 17.3 Å². The van der Waals surface area contributed by atoms with Gasteiger partial charge in [0.2, 0.25) is 11.8 Å². The predicted molar refractivity (Wildman–Crippen MR) is 138 cm³/mol. The topological polar surface area (TPSA) is 127 Å². The standard InChI is InChI=1S/C27H32F3N7O3/c1-15(16-3-7-36(8-4-16)26-34-24(35-40-26)27(38)5-2-6-27)39-17-11-32-25(33-12-17)37-13-19(23(31)14-37)18-9-21(29)22(30)10-20(18)28/h9-12,15-16,19,23,38H,2-8,13-14,31H2,1H3/t15-,19+,23-/m0/s1. The third kappa shape index (κ3) is 5.07. The van der Waals surface area contributed by atoms with Crippen LogP contribution in [0.1, 0.15) is 56.3 Å². The fourth-order valence-electron chi connectivity index (χ4n) is 5.82. The van der Waals surface area contributed by atoms with Crippen LogP contribution in [0.25, 0.3) is 0 Å². The monoisotopic (exact) mass is 559 g/mol. The van der Waals surface area contributed by atoms with Crippen LogP contribution in [-0.4, -0.2) is 63.5 Å². The number of ether oxygens (including phenoxy) is 1. The van der Waals surface area contributed by atoms with E-state index in [-0.39, 0.29) is 18.2 Å². The van der Waals surface area contributed by atoms with Gasteiger partial charge in [0, 0.05) is 44.2 Å². The van der Waals surface area contributed by atoms with Crippen LogP contribution in [-0.2, 0) is 5.60 Å². The van der Waals surface area contributed by atoms with E-state index in [2.05, 4.69) is 20.1 Å². The second-order valence-corrected chi connectivity index (χ2v) is 11.1. The quantitative estimate of drug-likeness (QED) is 0.417.